The summed E-state index contributed by atoms with van der Waals surface area (Å²) >= 11 is 0. The van der Waals surface area contributed by atoms with Crippen LogP contribution in [0.3, 0.4) is 0 Å². The summed E-state index contributed by atoms with van der Waals surface area (Å²) in [4.78, 5) is 9.01. The third kappa shape index (κ3) is 2.38. The molecule has 1 saturated heterocycles. The summed E-state index contributed by atoms with van der Waals surface area (Å²) in [5.74, 6) is 2.81. The summed E-state index contributed by atoms with van der Waals surface area (Å²) in [5.41, 5.74) is 0. The van der Waals surface area contributed by atoms with E-state index in [9.17, 15) is 0 Å². The molecule has 3 rings (SSSR count). The number of hydrogen-bond acceptors (Lipinski definition) is 4. The Bertz CT molecular complexity index is 544. The van der Waals surface area contributed by atoms with Gasteiger partial charge in [-0.05, 0) is 25.0 Å². The second-order valence-corrected chi connectivity index (χ2v) is 5.08. The molecule has 5 nitrogen and oxygen atoms in total. The Morgan fingerprint density at radius 1 is 1.37 bits per heavy atom. The first-order valence-corrected chi connectivity index (χ1v) is 6.75. The molecule has 0 aromatic carbocycles. The van der Waals surface area contributed by atoms with E-state index in [1.807, 2.05) is 22.9 Å². The van der Waals surface area contributed by atoms with E-state index in [1.165, 1.54) is 0 Å². The zero-order valence-electron chi connectivity index (χ0n) is 11.3. The molecule has 2 aromatic heterocycles. The molecule has 1 fully saturated rings. The topological polar surface area (TPSA) is 52.8 Å². The van der Waals surface area contributed by atoms with Crippen LogP contribution in [-0.2, 0) is 4.74 Å². The van der Waals surface area contributed by atoms with Crippen molar-refractivity contribution in [1.29, 1.82) is 0 Å². The smallest absolute Gasteiger partial charge is 0.163 e. The Morgan fingerprint density at radius 2 is 2.26 bits per heavy atom. The van der Waals surface area contributed by atoms with Gasteiger partial charge in [-0.25, -0.2) is 9.97 Å². The van der Waals surface area contributed by atoms with E-state index in [0.717, 1.165) is 36.9 Å². The lowest BCUT2D eigenvalue weighted by Crippen LogP contribution is -2.09. The Balaban J connectivity index is 2.05. The quantitative estimate of drug-likeness (QED) is 0.849. The highest BCUT2D eigenvalue weighted by atomic mass is 16.5. The maximum absolute atomic E-state index is 5.74. The Labute approximate surface area is 112 Å². The predicted octanol–water partition coefficient (Wildman–Crippen LogP) is 2.64. The molecule has 1 aliphatic heterocycles. The van der Waals surface area contributed by atoms with Gasteiger partial charge in [-0.3, -0.25) is 0 Å². The van der Waals surface area contributed by atoms with Crippen LogP contribution in [0.5, 0.6) is 0 Å². The number of pyridine rings is 1. The standard InChI is InChI=1S/C14H18N4O/c1-10(2)13-16-14(11-6-5-9-19-11)18(17-13)12-7-3-4-8-15-12/h3-4,7-8,10-11H,5-6,9H2,1-2H3/t11-/m1/s1. The van der Waals surface area contributed by atoms with Crippen LogP contribution < -0.4 is 0 Å². The number of ether oxygens (including phenoxy) is 1. The molecule has 1 atom stereocenters. The van der Waals surface area contributed by atoms with Gasteiger partial charge >= 0.3 is 0 Å². The van der Waals surface area contributed by atoms with Crippen LogP contribution in [0.2, 0.25) is 0 Å². The fourth-order valence-electron chi connectivity index (χ4n) is 2.22. The first kappa shape index (κ1) is 12.3. The maximum atomic E-state index is 5.74. The number of aromatic nitrogens is 4. The van der Waals surface area contributed by atoms with Crippen molar-refractivity contribution < 1.29 is 4.74 Å². The summed E-state index contributed by atoms with van der Waals surface area (Å²) in [7, 11) is 0. The highest BCUT2D eigenvalue weighted by Gasteiger charge is 2.26. The molecule has 100 valence electrons. The van der Waals surface area contributed by atoms with Gasteiger partial charge in [0.25, 0.3) is 0 Å². The van der Waals surface area contributed by atoms with Crippen LogP contribution in [0.15, 0.2) is 24.4 Å². The zero-order valence-corrected chi connectivity index (χ0v) is 11.3. The van der Waals surface area contributed by atoms with Crippen molar-refractivity contribution in [3.8, 4) is 5.82 Å². The van der Waals surface area contributed by atoms with Crippen molar-refractivity contribution in [3.05, 3.63) is 36.0 Å². The molecule has 0 bridgehead atoms. The SMILES string of the molecule is CC(C)c1nc([C@H]2CCCO2)n(-c2ccccn2)n1. The van der Waals surface area contributed by atoms with Gasteiger partial charge in [-0.15, -0.1) is 5.10 Å². The predicted molar refractivity (Wildman–Crippen MR) is 71.2 cm³/mol. The van der Waals surface area contributed by atoms with Gasteiger partial charge in [0.2, 0.25) is 0 Å². The minimum atomic E-state index is 0.0435. The van der Waals surface area contributed by atoms with Crippen LogP contribution in [0.25, 0.3) is 5.82 Å². The van der Waals surface area contributed by atoms with Gasteiger partial charge in [0.1, 0.15) is 6.10 Å². The summed E-state index contributed by atoms with van der Waals surface area (Å²) in [6, 6.07) is 5.80. The van der Waals surface area contributed by atoms with Crippen molar-refractivity contribution in [2.75, 3.05) is 6.61 Å². The third-order valence-electron chi connectivity index (χ3n) is 3.25. The van der Waals surface area contributed by atoms with E-state index in [0.29, 0.717) is 5.92 Å². The second kappa shape index (κ2) is 5.09. The minimum absolute atomic E-state index is 0.0435. The highest BCUT2D eigenvalue weighted by molar-refractivity contribution is 5.23. The van der Waals surface area contributed by atoms with Crippen LogP contribution in [0.4, 0.5) is 0 Å². The lowest BCUT2D eigenvalue weighted by Gasteiger charge is -2.09. The second-order valence-electron chi connectivity index (χ2n) is 5.08. The lowest BCUT2D eigenvalue weighted by atomic mass is 10.2. The average molecular weight is 258 g/mol. The van der Waals surface area contributed by atoms with Gasteiger partial charge in [0.05, 0.1) is 0 Å². The van der Waals surface area contributed by atoms with Gasteiger partial charge in [0, 0.05) is 18.7 Å². The molecule has 0 N–H and O–H groups in total. The Morgan fingerprint density at radius 3 is 2.89 bits per heavy atom. The molecule has 0 amide bonds. The van der Waals surface area contributed by atoms with Crippen molar-refractivity contribution in [2.45, 2.75) is 38.7 Å². The molecule has 1 aliphatic rings. The summed E-state index contributed by atoms with van der Waals surface area (Å²) in [6.07, 6.45) is 3.90. The molecule has 0 radical (unpaired) electrons. The van der Waals surface area contributed by atoms with Crippen molar-refractivity contribution in [2.24, 2.45) is 0 Å². The average Bonchev–Trinajstić information content (AvgIpc) is 3.08. The molecule has 19 heavy (non-hydrogen) atoms. The Kier molecular flexibility index (Phi) is 3.29. The fraction of sp³-hybridized carbons (Fsp3) is 0.500. The lowest BCUT2D eigenvalue weighted by molar-refractivity contribution is 0.103. The molecule has 0 spiro atoms. The van der Waals surface area contributed by atoms with Gasteiger partial charge in [-0.2, -0.15) is 4.68 Å². The van der Waals surface area contributed by atoms with E-state index >= 15 is 0 Å². The third-order valence-corrected chi connectivity index (χ3v) is 3.25. The van der Waals surface area contributed by atoms with E-state index in [4.69, 9.17) is 4.74 Å². The zero-order chi connectivity index (χ0) is 13.2. The number of nitrogens with zero attached hydrogens (tertiary/aromatic N) is 4. The number of hydrogen-bond donors (Lipinski definition) is 0. The maximum Gasteiger partial charge on any atom is 0.163 e. The largest absolute Gasteiger partial charge is 0.370 e. The van der Waals surface area contributed by atoms with Gasteiger partial charge < -0.3 is 4.74 Å². The highest BCUT2D eigenvalue weighted by Crippen LogP contribution is 2.29. The minimum Gasteiger partial charge on any atom is -0.370 e. The summed E-state index contributed by atoms with van der Waals surface area (Å²) in [5, 5.41) is 4.59. The van der Waals surface area contributed by atoms with Crippen LogP contribution in [0.1, 0.15) is 50.4 Å². The van der Waals surface area contributed by atoms with Crippen molar-refractivity contribution >= 4 is 0 Å². The van der Waals surface area contributed by atoms with Crippen LogP contribution in [0, 0.1) is 0 Å². The summed E-state index contributed by atoms with van der Waals surface area (Å²) in [6.45, 7) is 4.99. The Hall–Kier alpha value is -1.75. The van der Waals surface area contributed by atoms with E-state index < -0.39 is 0 Å². The molecule has 0 unspecified atom stereocenters. The molecule has 2 aromatic rings. The molecule has 5 heteroatoms. The fourth-order valence-corrected chi connectivity index (χ4v) is 2.22. The molecule has 0 aliphatic carbocycles. The van der Waals surface area contributed by atoms with E-state index in [-0.39, 0.29) is 6.10 Å². The van der Waals surface area contributed by atoms with E-state index in [1.54, 1.807) is 6.20 Å². The molecular formula is C14H18N4O. The van der Waals surface area contributed by atoms with Crippen LogP contribution in [-0.4, -0.2) is 26.4 Å². The van der Waals surface area contributed by atoms with Crippen LogP contribution >= 0.6 is 0 Å². The van der Waals surface area contributed by atoms with E-state index in [2.05, 4.69) is 28.9 Å². The van der Waals surface area contributed by atoms with Crippen molar-refractivity contribution in [3.63, 3.8) is 0 Å². The first-order valence-electron chi connectivity index (χ1n) is 6.75. The normalized spacial score (nSPS) is 19.2. The summed E-state index contributed by atoms with van der Waals surface area (Å²) < 4.78 is 7.57. The van der Waals surface area contributed by atoms with Crippen molar-refractivity contribution in [1.82, 2.24) is 19.7 Å². The van der Waals surface area contributed by atoms with Gasteiger partial charge in [-0.1, -0.05) is 19.9 Å². The molecule has 0 saturated carbocycles. The first-order chi connectivity index (χ1) is 9.25. The molecular weight excluding hydrogens is 240 g/mol. The monoisotopic (exact) mass is 258 g/mol. The van der Waals surface area contributed by atoms with Gasteiger partial charge in [0.15, 0.2) is 17.5 Å². The number of rotatable bonds is 3. The molecule has 3 heterocycles.